The first-order valence-electron chi connectivity index (χ1n) is 11.0. The van der Waals surface area contributed by atoms with Crippen molar-refractivity contribution in [3.05, 3.63) is 89.7 Å². The Balaban J connectivity index is 1.73. The molecule has 0 aromatic heterocycles. The zero-order chi connectivity index (χ0) is 26.0. The molecule has 0 aliphatic carbocycles. The maximum absolute atomic E-state index is 13.7. The monoisotopic (exact) mass is 508 g/mol. The molecule has 3 aromatic carbocycles. The first-order chi connectivity index (χ1) is 17.0. The number of hydrogen-bond acceptors (Lipinski definition) is 5. The van der Waals surface area contributed by atoms with Gasteiger partial charge in [-0.3, -0.25) is 13.9 Å². The van der Waals surface area contributed by atoms with Crippen LogP contribution in [-0.2, 0) is 19.6 Å². The van der Waals surface area contributed by atoms with Crippen LogP contribution in [0.2, 0.25) is 0 Å². The molecule has 0 unspecified atom stereocenters. The minimum atomic E-state index is -3.71. The van der Waals surface area contributed by atoms with Crippen molar-refractivity contribution in [2.75, 3.05) is 41.8 Å². The van der Waals surface area contributed by atoms with Crippen molar-refractivity contribution < 1.29 is 22.4 Å². The molecule has 8 nitrogen and oxygen atoms in total. The average Bonchev–Trinajstić information content (AvgIpc) is 3.15. The third-order valence-corrected chi connectivity index (χ3v) is 6.78. The maximum Gasteiger partial charge on any atom is 0.258 e. The highest BCUT2D eigenvalue weighted by atomic mass is 32.2. The molecular formula is C26H25FN4O4S. The molecule has 2 N–H and O–H groups in total. The predicted molar refractivity (Wildman–Crippen MR) is 139 cm³/mol. The second-order valence-electron chi connectivity index (χ2n) is 8.49. The topological polar surface area (TPSA) is 98.8 Å². The summed E-state index contributed by atoms with van der Waals surface area (Å²) in [7, 11) is -0.599. The van der Waals surface area contributed by atoms with Crippen molar-refractivity contribution in [3.8, 4) is 0 Å². The number of halogens is 1. The maximum atomic E-state index is 13.7. The summed E-state index contributed by atoms with van der Waals surface area (Å²) < 4.78 is 39.5. The number of carbonyl (C=O) groups is 2. The lowest BCUT2D eigenvalue weighted by atomic mass is 10.00. The van der Waals surface area contributed by atoms with Crippen LogP contribution in [0.3, 0.4) is 0 Å². The molecule has 186 valence electrons. The Morgan fingerprint density at radius 3 is 2.28 bits per heavy atom. The number of hydrogen-bond donors (Lipinski definition) is 2. The van der Waals surface area contributed by atoms with Crippen molar-refractivity contribution in [1.29, 1.82) is 0 Å². The minimum Gasteiger partial charge on any atom is -0.354 e. The van der Waals surface area contributed by atoms with Crippen LogP contribution in [0.15, 0.2) is 72.8 Å². The molecule has 4 rings (SSSR count). The second-order valence-corrected chi connectivity index (χ2v) is 10.4. The SMILES string of the molecule is CN(C)C(=O)CN(c1ccc(NC(=C2C(=O)Nc3cc(F)ccc32)c2ccccc2)cc1)S(C)(=O)=O. The number of carbonyl (C=O) groups excluding carboxylic acids is 2. The van der Waals surface area contributed by atoms with Gasteiger partial charge >= 0.3 is 0 Å². The van der Waals surface area contributed by atoms with Crippen LogP contribution in [0.4, 0.5) is 21.5 Å². The average molecular weight is 509 g/mol. The molecule has 3 aromatic rings. The zero-order valence-electron chi connectivity index (χ0n) is 19.9. The normalized spacial score (nSPS) is 14.1. The molecule has 0 bridgehead atoms. The predicted octanol–water partition coefficient (Wildman–Crippen LogP) is 3.61. The van der Waals surface area contributed by atoms with E-state index < -0.39 is 15.8 Å². The zero-order valence-corrected chi connectivity index (χ0v) is 20.8. The standard InChI is InChI=1S/C26H25FN4O4S/c1-30(2)23(32)16-31(36(3,34)35)20-12-10-19(11-13-20)28-25(17-7-5-4-6-8-17)24-21-14-9-18(27)15-22(21)29-26(24)33/h4-15,28H,16H2,1-3H3,(H,29,33). The van der Waals surface area contributed by atoms with Crippen molar-refractivity contribution in [2.24, 2.45) is 0 Å². The number of sulfonamides is 1. The molecule has 10 heteroatoms. The Labute approximate surface area is 209 Å². The van der Waals surface area contributed by atoms with E-state index in [1.54, 1.807) is 44.4 Å². The summed E-state index contributed by atoms with van der Waals surface area (Å²) in [6, 6.07) is 19.8. The van der Waals surface area contributed by atoms with Gasteiger partial charge in [0.1, 0.15) is 12.4 Å². The summed E-state index contributed by atoms with van der Waals surface area (Å²) in [5, 5.41) is 5.98. The number of fused-ring (bicyclic) bond motifs is 1. The van der Waals surface area contributed by atoms with Crippen molar-refractivity contribution in [3.63, 3.8) is 0 Å². The number of amides is 2. The Bertz CT molecular complexity index is 1450. The Morgan fingerprint density at radius 1 is 1.00 bits per heavy atom. The third-order valence-electron chi connectivity index (χ3n) is 5.64. The lowest BCUT2D eigenvalue weighted by molar-refractivity contribution is -0.127. The van der Waals surface area contributed by atoms with E-state index in [9.17, 15) is 22.4 Å². The molecule has 0 atom stereocenters. The van der Waals surface area contributed by atoms with Crippen LogP contribution in [0.25, 0.3) is 11.3 Å². The fraction of sp³-hybridized carbons (Fsp3) is 0.154. The molecular weight excluding hydrogens is 483 g/mol. The fourth-order valence-corrected chi connectivity index (χ4v) is 4.65. The van der Waals surface area contributed by atoms with Gasteiger partial charge in [-0.2, -0.15) is 0 Å². The van der Waals surface area contributed by atoms with Gasteiger partial charge in [-0.15, -0.1) is 0 Å². The Hall–Kier alpha value is -4.18. The van der Waals surface area contributed by atoms with E-state index in [4.69, 9.17) is 0 Å². The van der Waals surface area contributed by atoms with Gasteiger partial charge < -0.3 is 15.5 Å². The van der Waals surface area contributed by atoms with E-state index in [0.717, 1.165) is 16.1 Å². The molecule has 0 spiro atoms. The fourth-order valence-electron chi connectivity index (χ4n) is 3.80. The minimum absolute atomic E-state index is 0.326. The number of likely N-dealkylation sites (N-methyl/N-ethyl adjacent to an activating group) is 1. The molecule has 1 aliphatic heterocycles. The van der Waals surface area contributed by atoms with Gasteiger partial charge in [-0.1, -0.05) is 30.3 Å². The third kappa shape index (κ3) is 5.23. The van der Waals surface area contributed by atoms with E-state index in [0.29, 0.717) is 33.9 Å². The van der Waals surface area contributed by atoms with Crippen molar-refractivity contribution in [1.82, 2.24) is 4.90 Å². The molecule has 1 heterocycles. The largest absolute Gasteiger partial charge is 0.354 e. The van der Waals surface area contributed by atoms with E-state index in [2.05, 4.69) is 10.6 Å². The molecule has 36 heavy (non-hydrogen) atoms. The van der Waals surface area contributed by atoms with Crippen molar-refractivity contribution >= 4 is 50.2 Å². The van der Waals surface area contributed by atoms with Crippen LogP contribution in [0.1, 0.15) is 11.1 Å². The molecule has 0 fully saturated rings. The van der Waals surface area contributed by atoms with E-state index in [-0.39, 0.29) is 18.4 Å². The quantitative estimate of drug-likeness (QED) is 0.475. The van der Waals surface area contributed by atoms with Crippen LogP contribution in [-0.4, -0.2) is 52.0 Å². The van der Waals surface area contributed by atoms with E-state index in [1.165, 1.54) is 17.0 Å². The van der Waals surface area contributed by atoms with Crippen LogP contribution in [0, 0.1) is 5.82 Å². The van der Waals surface area contributed by atoms with Crippen LogP contribution < -0.4 is 14.9 Å². The summed E-state index contributed by atoms with van der Waals surface area (Å²) in [5.74, 6) is -1.19. The summed E-state index contributed by atoms with van der Waals surface area (Å²) in [6.07, 6.45) is 1.04. The molecule has 2 amide bonds. The van der Waals surface area contributed by atoms with Crippen LogP contribution >= 0.6 is 0 Å². The van der Waals surface area contributed by atoms with Gasteiger partial charge in [0, 0.05) is 25.3 Å². The summed E-state index contributed by atoms with van der Waals surface area (Å²) in [6.45, 7) is -0.328. The van der Waals surface area contributed by atoms with Gasteiger partial charge in [0.05, 0.1) is 28.9 Å². The number of benzene rings is 3. The summed E-state index contributed by atoms with van der Waals surface area (Å²) in [4.78, 5) is 26.4. The highest BCUT2D eigenvalue weighted by Crippen LogP contribution is 2.38. The Morgan fingerprint density at radius 2 is 1.67 bits per heavy atom. The summed E-state index contributed by atoms with van der Waals surface area (Å²) >= 11 is 0. The molecule has 1 aliphatic rings. The number of rotatable bonds is 7. The van der Waals surface area contributed by atoms with Crippen LogP contribution in [0.5, 0.6) is 0 Å². The lowest BCUT2D eigenvalue weighted by Gasteiger charge is -2.24. The number of anilines is 3. The number of nitrogens with one attached hydrogen (secondary N) is 2. The van der Waals surface area contributed by atoms with E-state index >= 15 is 0 Å². The second kappa shape index (κ2) is 9.82. The highest BCUT2D eigenvalue weighted by molar-refractivity contribution is 7.92. The molecule has 0 radical (unpaired) electrons. The van der Waals surface area contributed by atoms with Gasteiger partial charge in [-0.05, 0) is 48.0 Å². The smallest absolute Gasteiger partial charge is 0.258 e. The highest BCUT2D eigenvalue weighted by Gasteiger charge is 2.29. The van der Waals surface area contributed by atoms with Gasteiger partial charge in [0.25, 0.3) is 5.91 Å². The first-order valence-corrected chi connectivity index (χ1v) is 12.9. The molecule has 0 saturated heterocycles. The van der Waals surface area contributed by atoms with Gasteiger partial charge in [0.2, 0.25) is 15.9 Å². The van der Waals surface area contributed by atoms with E-state index in [1.807, 2.05) is 30.3 Å². The number of nitrogens with zero attached hydrogens (tertiary/aromatic N) is 2. The van der Waals surface area contributed by atoms with Crippen molar-refractivity contribution in [2.45, 2.75) is 0 Å². The first kappa shape index (κ1) is 24.9. The summed E-state index contributed by atoms with van der Waals surface area (Å²) in [5.41, 5.74) is 3.46. The lowest BCUT2D eigenvalue weighted by Crippen LogP contribution is -2.39. The van der Waals surface area contributed by atoms with Gasteiger partial charge in [0.15, 0.2) is 0 Å². The molecule has 0 saturated carbocycles. The van der Waals surface area contributed by atoms with Gasteiger partial charge in [-0.25, -0.2) is 12.8 Å². The Kier molecular flexibility index (Phi) is 6.80.